The van der Waals surface area contributed by atoms with Gasteiger partial charge in [0, 0.05) is 5.56 Å². The molecule has 3 aromatic rings. The van der Waals surface area contributed by atoms with Crippen LogP contribution in [0.1, 0.15) is 11.6 Å². The lowest BCUT2D eigenvalue weighted by Gasteiger charge is -2.30. The number of carbonyl (C=O) groups excluding carboxylic acids is 2. The third kappa shape index (κ3) is 3.48. The molecule has 2 fully saturated rings. The average Bonchev–Trinajstić information content (AvgIpc) is 3.36. The van der Waals surface area contributed by atoms with Crippen LogP contribution in [0.2, 0.25) is 10.0 Å². The maximum Gasteiger partial charge on any atom is 0.266 e. The van der Waals surface area contributed by atoms with Gasteiger partial charge in [-0.15, -0.1) is 0 Å². The number of amides is 2. The van der Waals surface area contributed by atoms with E-state index in [0.29, 0.717) is 22.7 Å². The zero-order chi connectivity index (χ0) is 24.0. The molecule has 0 N–H and O–H groups in total. The number of para-hydroxylation sites is 2. The van der Waals surface area contributed by atoms with Crippen molar-refractivity contribution in [1.29, 1.82) is 0 Å². The minimum atomic E-state index is -1.07. The van der Waals surface area contributed by atoms with E-state index in [9.17, 15) is 9.59 Å². The number of anilines is 2. The van der Waals surface area contributed by atoms with Crippen molar-refractivity contribution in [3.8, 4) is 11.5 Å². The Morgan fingerprint density at radius 2 is 1.56 bits per heavy atom. The van der Waals surface area contributed by atoms with Crippen molar-refractivity contribution in [3.05, 3.63) is 82.3 Å². The summed E-state index contributed by atoms with van der Waals surface area (Å²) in [6, 6.07) is 18.7. The van der Waals surface area contributed by atoms with Gasteiger partial charge in [0.05, 0.1) is 35.6 Å². The Balaban J connectivity index is 1.66. The summed E-state index contributed by atoms with van der Waals surface area (Å²) < 4.78 is 11.0. The smallest absolute Gasteiger partial charge is 0.266 e. The number of nitrogens with zero attached hydrogens (tertiary/aromatic N) is 2. The quantitative estimate of drug-likeness (QED) is 0.458. The largest absolute Gasteiger partial charge is 0.497 e. The van der Waals surface area contributed by atoms with Gasteiger partial charge in [0.25, 0.3) is 5.91 Å². The number of benzene rings is 3. The van der Waals surface area contributed by atoms with Gasteiger partial charge in [-0.3, -0.25) is 14.4 Å². The van der Waals surface area contributed by atoms with E-state index in [-0.39, 0.29) is 15.7 Å². The highest BCUT2D eigenvalue weighted by molar-refractivity contribution is 6.42. The zero-order valence-electron chi connectivity index (χ0n) is 18.3. The summed E-state index contributed by atoms with van der Waals surface area (Å²) in [6.45, 7) is 0. The summed E-state index contributed by atoms with van der Waals surface area (Å²) in [6.07, 6.45) is -1.07. The molecule has 34 heavy (non-hydrogen) atoms. The van der Waals surface area contributed by atoms with Crippen LogP contribution in [-0.2, 0) is 14.4 Å². The first kappa shape index (κ1) is 22.5. The Bertz CT molecular complexity index is 1250. The van der Waals surface area contributed by atoms with Crippen LogP contribution in [0.25, 0.3) is 0 Å². The van der Waals surface area contributed by atoms with Gasteiger partial charge in [-0.2, -0.15) is 0 Å². The number of halogens is 2. The Hall–Kier alpha value is -3.26. The maximum absolute atomic E-state index is 13.8. The lowest BCUT2D eigenvalue weighted by molar-refractivity contribution is -0.126. The summed E-state index contributed by atoms with van der Waals surface area (Å²) in [5, 5.41) is 1.99. The highest BCUT2D eigenvalue weighted by Gasteiger charge is 2.61. The monoisotopic (exact) mass is 498 g/mol. The molecular weight excluding hydrogens is 479 g/mol. The van der Waals surface area contributed by atoms with Crippen LogP contribution < -0.4 is 19.4 Å². The third-order valence-electron chi connectivity index (χ3n) is 6.04. The van der Waals surface area contributed by atoms with Crippen molar-refractivity contribution < 1.29 is 23.9 Å². The normalized spacial score (nSPS) is 21.7. The molecule has 0 unspecified atom stereocenters. The maximum atomic E-state index is 13.8. The number of fused-ring (bicyclic) bond motifs is 1. The first-order valence-electron chi connectivity index (χ1n) is 10.5. The fourth-order valence-corrected chi connectivity index (χ4v) is 5.09. The van der Waals surface area contributed by atoms with E-state index in [1.165, 1.54) is 0 Å². The Kier molecular flexibility index (Phi) is 5.85. The number of hydroxylamine groups is 1. The SMILES string of the molecule is COc1ccc(OC)c([C@H]2[C@H]3C(=O)N(c4c(Cl)cccc4Cl)C(=O)[C@@H]3ON2c2ccccc2)c1. The molecule has 2 saturated heterocycles. The minimum absolute atomic E-state index is 0.154. The van der Waals surface area contributed by atoms with Crippen molar-refractivity contribution in [2.45, 2.75) is 12.1 Å². The van der Waals surface area contributed by atoms with Crippen LogP contribution in [0.5, 0.6) is 11.5 Å². The number of imide groups is 1. The van der Waals surface area contributed by atoms with Crippen LogP contribution in [0.3, 0.4) is 0 Å². The van der Waals surface area contributed by atoms with E-state index < -0.39 is 29.9 Å². The molecule has 2 aliphatic heterocycles. The fraction of sp³-hybridized carbons (Fsp3) is 0.200. The van der Waals surface area contributed by atoms with Gasteiger partial charge in [0.2, 0.25) is 5.91 Å². The van der Waals surface area contributed by atoms with Gasteiger partial charge >= 0.3 is 0 Å². The Labute approximate surface area is 206 Å². The number of rotatable bonds is 5. The molecule has 5 rings (SSSR count). The molecule has 9 heteroatoms. The first-order valence-corrected chi connectivity index (χ1v) is 11.3. The van der Waals surface area contributed by atoms with Crippen molar-refractivity contribution in [3.63, 3.8) is 0 Å². The standard InChI is InChI=1S/C25H20Cl2N2O5/c1-32-15-11-12-19(33-2)16(13-15)21-20-23(34-29(21)14-7-4-3-5-8-14)25(31)28(24(20)30)22-17(26)9-6-10-18(22)27/h3-13,20-21,23H,1-2H3/t20-,21+,23-/m1/s1. The van der Waals surface area contributed by atoms with E-state index in [1.807, 2.05) is 30.3 Å². The summed E-state index contributed by atoms with van der Waals surface area (Å²) in [7, 11) is 3.10. The molecule has 2 amide bonds. The predicted molar refractivity (Wildman–Crippen MR) is 129 cm³/mol. The van der Waals surface area contributed by atoms with E-state index >= 15 is 0 Å². The van der Waals surface area contributed by atoms with Crippen LogP contribution in [-0.4, -0.2) is 32.1 Å². The predicted octanol–water partition coefficient (Wildman–Crippen LogP) is 5.06. The Morgan fingerprint density at radius 3 is 2.21 bits per heavy atom. The molecule has 7 nitrogen and oxygen atoms in total. The molecular formula is C25H20Cl2N2O5. The third-order valence-corrected chi connectivity index (χ3v) is 6.65. The Morgan fingerprint density at radius 1 is 0.853 bits per heavy atom. The fourth-order valence-electron chi connectivity index (χ4n) is 4.52. The molecule has 0 spiro atoms. The molecule has 0 radical (unpaired) electrons. The van der Waals surface area contributed by atoms with Crippen molar-refractivity contribution in [1.82, 2.24) is 0 Å². The van der Waals surface area contributed by atoms with E-state index in [4.69, 9.17) is 37.5 Å². The van der Waals surface area contributed by atoms with Crippen LogP contribution >= 0.6 is 23.2 Å². The van der Waals surface area contributed by atoms with Crippen LogP contribution in [0.4, 0.5) is 11.4 Å². The van der Waals surface area contributed by atoms with Gasteiger partial charge in [0.15, 0.2) is 6.10 Å². The average molecular weight is 499 g/mol. The molecule has 2 heterocycles. The van der Waals surface area contributed by atoms with Crippen molar-refractivity contribution in [2.24, 2.45) is 5.92 Å². The highest BCUT2D eigenvalue weighted by atomic mass is 35.5. The molecule has 3 atom stereocenters. The molecule has 0 saturated carbocycles. The summed E-state index contributed by atoms with van der Waals surface area (Å²) >= 11 is 12.7. The minimum Gasteiger partial charge on any atom is -0.497 e. The van der Waals surface area contributed by atoms with Gasteiger partial charge in [-0.25, -0.2) is 9.96 Å². The topological polar surface area (TPSA) is 68.3 Å². The molecule has 174 valence electrons. The number of methoxy groups -OCH3 is 2. The highest BCUT2D eigenvalue weighted by Crippen LogP contribution is 2.51. The summed E-state index contributed by atoms with van der Waals surface area (Å²) in [4.78, 5) is 34.5. The molecule has 3 aromatic carbocycles. The van der Waals surface area contributed by atoms with Crippen LogP contribution in [0.15, 0.2) is 66.7 Å². The van der Waals surface area contributed by atoms with Gasteiger partial charge in [-0.05, 0) is 42.5 Å². The number of ether oxygens (including phenoxy) is 2. The lowest BCUT2D eigenvalue weighted by Crippen LogP contribution is -2.37. The van der Waals surface area contributed by atoms with Gasteiger partial charge < -0.3 is 9.47 Å². The molecule has 0 aliphatic carbocycles. The molecule has 0 bridgehead atoms. The van der Waals surface area contributed by atoms with E-state index in [0.717, 1.165) is 4.90 Å². The van der Waals surface area contributed by atoms with E-state index in [1.54, 1.807) is 55.7 Å². The number of hydrogen-bond acceptors (Lipinski definition) is 6. The zero-order valence-corrected chi connectivity index (χ0v) is 19.8. The number of hydrogen-bond donors (Lipinski definition) is 0. The van der Waals surface area contributed by atoms with Crippen molar-refractivity contribution >= 4 is 46.4 Å². The van der Waals surface area contributed by atoms with Crippen molar-refractivity contribution in [2.75, 3.05) is 24.2 Å². The van der Waals surface area contributed by atoms with Gasteiger partial charge in [-0.1, -0.05) is 47.5 Å². The lowest BCUT2D eigenvalue weighted by atomic mass is 9.89. The number of carbonyl (C=O) groups is 2. The molecule has 2 aliphatic rings. The van der Waals surface area contributed by atoms with Gasteiger partial charge in [0.1, 0.15) is 23.5 Å². The first-order chi connectivity index (χ1) is 16.5. The van der Waals surface area contributed by atoms with E-state index in [2.05, 4.69) is 0 Å². The van der Waals surface area contributed by atoms with Crippen LogP contribution in [0, 0.1) is 5.92 Å². The second-order valence-electron chi connectivity index (χ2n) is 7.85. The summed E-state index contributed by atoms with van der Waals surface area (Å²) in [5.41, 5.74) is 1.49. The summed E-state index contributed by atoms with van der Waals surface area (Å²) in [5.74, 6) is -0.754. The second kappa shape index (κ2) is 8.83. The molecule has 0 aromatic heterocycles. The second-order valence-corrected chi connectivity index (χ2v) is 8.66.